The average molecular weight is 473 g/mol. The van der Waals surface area contributed by atoms with Gasteiger partial charge in [0.05, 0.1) is 6.54 Å². The Morgan fingerprint density at radius 2 is 1.54 bits per heavy atom. The number of carbonyl (C=O) groups excluding carboxylic acids is 1. The largest absolute Gasteiger partial charge is 0.369 e. The Labute approximate surface area is 211 Å². The predicted molar refractivity (Wildman–Crippen MR) is 142 cm³/mol. The number of imidazole rings is 1. The van der Waals surface area contributed by atoms with Crippen LogP contribution in [0.4, 0.5) is 0 Å². The van der Waals surface area contributed by atoms with Crippen molar-refractivity contribution in [3.63, 3.8) is 0 Å². The summed E-state index contributed by atoms with van der Waals surface area (Å²) in [4.78, 5) is 13.3. The minimum absolute atomic E-state index is 0.156. The van der Waals surface area contributed by atoms with Crippen LogP contribution in [0.3, 0.4) is 0 Å². The van der Waals surface area contributed by atoms with Crippen LogP contribution in [0, 0.1) is 12.8 Å². The number of aryl methyl sites for hydroxylation is 1. The summed E-state index contributed by atoms with van der Waals surface area (Å²) < 4.78 is 4.85. The molecule has 2 N–H and O–H groups in total. The Hall–Kier alpha value is -2.88. The molecular formula is C31H42N3O+. The summed E-state index contributed by atoms with van der Waals surface area (Å²) >= 11 is 0. The highest BCUT2D eigenvalue weighted by Crippen LogP contribution is 2.49. The number of aromatic nitrogens is 2. The van der Waals surface area contributed by atoms with Crippen molar-refractivity contribution in [3.8, 4) is 0 Å². The summed E-state index contributed by atoms with van der Waals surface area (Å²) in [5.41, 5.74) is 7.48. The highest BCUT2D eigenvalue weighted by molar-refractivity contribution is 5.91. The van der Waals surface area contributed by atoms with Gasteiger partial charge in [0.15, 0.2) is 0 Å². The number of primary amides is 1. The van der Waals surface area contributed by atoms with E-state index in [1.807, 2.05) is 36.4 Å². The van der Waals surface area contributed by atoms with Gasteiger partial charge in [0, 0.05) is 6.92 Å². The van der Waals surface area contributed by atoms with Crippen LogP contribution >= 0.6 is 0 Å². The topological polar surface area (TPSA) is 51.9 Å². The molecule has 186 valence electrons. The first-order valence-corrected chi connectivity index (χ1v) is 13.6. The third-order valence-corrected chi connectivity index (χ3v) is 8.21. The summed E-state index contributed by atoms with van der Waals surface area (Å²) in [7, 11) is 0. The lowest BCUT2D eigenvalue weighted by molar-refractivity contribution is -0.703. The Morgan fingerprint density at radius 3 is 2.14 bits per heavy atom. The Kier molecular flexibility index (Phi) is 8.43. The number of unbranched alkanes of at least 4 members (excludes halogenated alkanes) is 5. The van der Waals surface area contributed by atoms with E-state index in [0.29, 0.717) is 6.04 Å². The van der Waals surface area contributed by atoms with Crippen molar-refractivity contribution < 1.29 is 9.36 Å². The van der Waals surface area contributed by atoms with Crippen LogP contribution in [0.15, 0.2) is 73.1 Å². The molecule has 3 aromatic rings. The molecule has 4 rings (SSSR count). The van der Waals surface area contributed by atoms with E-state index < -0.39 is 5.41 Å². The SMILES string of the molecule is CCCCCCCC[n+]1ccn([C@@H]2CC[C@H](C(C(N)=O)(c3ccccc3)c3ccccc3)C2)c1C. The Bertz CT molecular complexity index is 1030. The van der Waals surface area contributed by atoms with Crippen molar-refractivity contribution in [2.45, 2.75) is 89.6 Å². The molecule has 35 heavy (non-hydrogen) atoms. The Morgan fingerprint density at radius 1 is 0.943 bits per heavy atom. The van der Waals surface area contributed by atoms with Gasteiger partial charge in [-0.3, -0.25) is 4.79 Å². The quantitative estimate of drug-likeness (QED) is 0.246. The molecule has 1 aliphatic carbocycles. The van der Waals surface area contributed by atoms with Gasteiger partial charge in [0.1, 0.15) is 23.9 Å². The number of hydrogen-bond donors (Lipinski definition) is 1. The van der Waals surface area contributed by atoms with E-state index in [2.05, 4.69) is 59.6 Å². The summed E-state index contributed by atoms with van der Waals surface area (Å²) in [5.74, 6) is 1.22. The molecule has 2 atom stereocenters. The zero-order valence-electron chi connectivity index (χ0n) is 21.5. The summed E-state index contributed by atoms with van der Waals surface area (Å²) in [6.07, 6.45) is 15.4. The number of hydrogen-bond acceptors (Lipinski definition) is 1. The molecule has 0 bridgehead atoms. The molecule has 2 aromatic carbocycles. The molecule has 1 heterocycles. The Balaban J connectivity index is 1.54. The van der Waals surface area contributed by atoms with Gasteiger partial charge in [0.25, 0.3) is 5.82 Å². The first kappa shape index (κ1) is 25.2. The van der Waals surface area contributed by atoms with E-state index in [-0.39, 0.29) is 11.8 Å². The second kappa shape index (κ2) is 11.7. The molecule has 1 aromatic heterocycles. The van der Waals surface area contributed by atoms with Gasteiger partial charge < -0.3 is 5.73 Å². The van der Waals surface area contributed by atoms with E-state index in [1.165, 1.54) is 44.3 Å². The van der Waals surface area contributed by atoms with E-state index in [4.69, 9.17) is 5.73 Å². The normalized spacial score (nSPS) is 18.1. The second-order valence-corrected chi connectivity index (χ2v) is 10.3. The molecule has 4 nitrogen and oxygen atoms in total. The van der Waals surface area contributed by atoms with Crippen molar-refractivity contribution >= 4 is 5.91 Å². The maximum absolute atomic E-state index is 13.3. The van der Waals surface area contributed by atoms with Crippen LogP contribution in [0.5, 0.6) is 0 Å². The highest BCUT2D eigenvalue weighted by Gasteiger charge is 2.51. The number of nitrogens with two attached hydrogens (primary N) is 1. The number of benzene rings is 2. The standard InChI is InChI=1S/C31H41N3O/c1-3-4-5-6-7-14-21-33-22-23-34(25(33)2)29-20-19-28(24-29)31(30(32)35,26-15-10-8-11-16-26)27-17-12-9-13-18-27/h8-13,15-18,22-23,28-29H,3-7,14,19-21,24H2,1-2H3,(H-,32,35)/p+1/t28-,29+/m0/s1. The maximum atomic E-state index is 13.3. The van der Waals surface area contributed by atoms with Gasteiger partial charge in [-0.25, -0.2) is 9.13 Å². The third-order valence-electron chi connectivity index (χ3n) is 8.21. The smallest absolute Gasteiger partial charge is 0.253 e. The van der Waals surface area contributed by atoms with Gasteiger partial charge >= 0.3 is 0 Å². The molecule has 4 heteroatoms. The van der Waals surface area contributed by atoms with Gasteiger partial charge in [0.2, 0.25) is 5.91 Å². The summed E-state index contributed by atoms with van der Waals surface area (Å²) in [6, 6.07) is 20.7. The zero-order chi connectivity index (χ0) is 24.7. The molecule has 0 saturated heterocycles. The van der Waals surface area contributed by atoms with Gasteiger partial charge in [-0.2, -0.15) is 0 Å². The lowest BCUT2D eigenvalue weighted by atomic mass is 9.64. The van der Waals surface area contributed by atoms with Gasteiger partial charge in [-0.15, -0.1) is 0 Å². The molecule has 1 fully saturated rings. The van der Waals surface area contributed by atoms with Crippen molar-refractivity contribution in [1.82, 2.24) is 4.57 Å². The molecule has 1 aliphatic rings. The van der Waals surface area contributed by atoms with Gasteiger partial charge in [-0.1, -0.05) is 93.3 Å². The molecule has 1 saturated carbocycles. The van der Waals surface area contributed by atoms with Crippen LogP contribution < -0.4 is 10.3 Å². The number of rotatable bonds is 12. The zero-order valence-corrected chi connectivity index (χ0v) is 21.5. The number of amides is 1. The van der Waals surface area contributed by atoms with Crippen molar-refractivity contribution in [3.05, 3.63) is 90.0 Å². The van der Waals surface area contributed by atoms with Crippen LogP contribution in [-0.4, -0.2) is 10.5 Å². The molecule has 0 radical (unpaired) electrons. The molecular weight excluding hydrogens is 430 g/mol. The number of carbonyl (C=O) groups is 1. The predicted octanol–water partition coefficient (Wildman–Crippen LogP) is 6.26. The molecule has 0 aliphatic heterocycles. The van der Waals surface area contributed by atoms with Gasteiger partial charge in [-0.05, 0) is 49.1 Å². The fourth-order valence-corrected chi connectivity index (χ4v) is 6.33. The van der Waals surface area contributed by atoms with Crippen LogP contribution in [0.25, 0.3) is 0 Å². The average Bonchev–Trinajstić information content (AvgIpc) is 3.50. The third kappa shape index (κ3) is 5.22. The lowest BCUT2D eigenvalue weighted by Crippen LogP contribution is -2.47. The van der Waals surface area contributed by atoms with Crippen LogP contribution in [0.1, 0.15) is 87.7 Å². The van der Waals surface area contributed by atoms with Crippen molar-refractivity contribution in [2.24, 2.45) is 11.7 Å². The van der Waals surface area contributed by atoms with E-state index >= 15 is 0 Å². The molecule has 0 unspecified atom stereocenters. The summed E-state index contributed by atoms with van der Waals surface area (Å²) in [5, 5.41) is 0. The van der Waals surface area contributed by atoms with Crippen molar-refractivity contribution in [2.75, 3.05) is 0 Å². The minimum Gasteiger partial charge on any atom is -0.369 e. The fraction of sp³-hybridized carbons (Fsp3) is 0.484. The van der Waals surface area contributed by atoms with Crippen LogP contribution in [0.2, 0.25) is 0 Å². The first-order valence-electron chi connectivity index (χ1n) is 13.6. The first-order chi connectivity index (χ1) is 17.1. The highest BCUT2D eigenvalue weighted by atomic mass is 16.1. The van der Waals surface area contributed by atoms with E-state index in [9.17, 15) is 4.79 Å². The van der Waals surface area contributed by atoms with Crippen molar-refractivity contribution in [1.29, 1.82) is 0 Å². The monoisotopic (exact) mass is 472 g/mol. The number of nitrogens with zero attached hydrogens (tertiary/aromatic N) is 2. The molecule has 0 spiro atoms. The molecule has 1 amide bonds. The van der Waals surface area contributed by atoms with E-state index in [0.717, 1.165) is 36.9 Å². The lowest BCUT2D eigenvalue weighted by Gasteiger charge is -2.37. The second-order valence-electron chi connectivity index (χ2n) is 10.3. The maximum Gasteiger partial charge on any atom is 0.253 e. The van der Waals surface area contributed by atoms with E-state index in [1.54, 1.807) is 0 Å². The minimum atomic E-state index is -0.813. The summed E-state index contributed by atoms with van der Waals surface area (Å²) in [6.45, 7) is 5.59. The van der Waals surface area contributed by atoms with Crippen LogP contribution in [-0.2, 0) is 16.8 Å². The fourth-order valence-electron chi connectivity index (χ4n) is 6.33.